The largest absolute Gasteiger partial charge is 0.337 e. The number of aromatic nitrogens is 4. The summed E-state index contributed by atoms with van der Waals surface area (Å²) in [6.45, 7) is 3.73. The van der Waals surface area contributed by atoms with Crippen LogP contribution in [0.25, 0.3) is 5.82 Å². The molecule has 1 aromatic carbocycles. The van der Waals surface area contributed by atoms with E-state index in [0.29, 0.717) is 32.4 Å². The Hall–Kier alpha value is -1.82. The van der Waals surface area contributed by atoms with Gasteiger partial charge in [-0.3, -0.25) is 4.57 Å². The van der Waals surface area contributed by atoms with E-state index in [1.165, 1.54) is 0 Å². The van der Waals surface area contributed by atoms with Gasteiger partial charge in [-0.25, -0.2) is 15.0 Å². The molecule has 0 unspecified atom stereocenters. The second-order valence-corrected chi connectivity index (χ2v) is 6.16. The molecule has 8 heteroatoms. The zero-order chi connectivity index (χ0) is 16.6. The molecule has 0 aliphatic carbocycles. The van der Waals surface area contributed by atoms with Crippen molar-refractivity contribution in [1.29, 1.82) is 0 Å². The predicted octanol–water partition coefficient (Wildman–Crippen LogP) is 4.98. The van der Waals surface area contributed by atoms with Crippen molar-refractivity contribution in [3.05, 3.63) is 57.3 Å². The van der Waals surface area contributed by atoms with Crippen LogP contribution >= 0.6 is 34.8 Å². The molecule has 0 bridgehead atoms. The van der Waals surface area contributed by atoms with Crippen molar-refractivity contribution in [2.24, 2.45) is 0 Å². The number of halogens is 3. The van der Waals surface area contributed by atoms with Gasteiger partial charge in [-0.2, -0.15) is 0 Å². The number of nitrogens with one attached hydrogen (secondary N) is 1. The van der Waals surface area contributed by atoms with E-state index in [1.807, 2.05) is 24.6 Å². The molecule has 0 saturated heterocycles. The summed E-state index contributed by atoms with van der Waals surface area (Å²) in [7, 11) is 0. The van der Waals surface area contributed by atoms with E-state index >= 15 is 0 Å². The Morgan fingerprint density at radius 2 is 1.74 bits per heavy atom. The zero-order valence-corrected chi connectivity index (χ0v) is 14.6. The lowest BCUT2D eigenvalue weighted by Crippen LogP contribution is -2.07. The third-order valence-corrected chi connectivity index (χ3v) is 4.05. The molecule has 1 N–H and O–H groups in total. The van der Waals surface area contributed by atoms with E-state index in [4.69, 9.17) is 34.8 Å². The molecule has 0 amide bonds. The summed E-state index contributed by atoms with van der Waals surface area (Å²) in [6.07, 6.45) is 5.19. The molecule has 23 heavy (non-hydrogen) atoms. The fraction of sp³-hybridized carbons (Fsp3) is 0.133. The second-order valence-electron chi connectivity index (χ2n) is 4.91. The summed E-state index contributed by atoms with van der Waals surface area (Å²) in [5.41, 5.74) is 1.39. The van der Waals surface area contributed by atoms with Gasteiger partial charge in [-0.1, -0.05) is 34.8 Å². The number of rotatable bonds is 3. The van der Waals surface area contributed by atoms with Crippen LogP contribution in [0.4, 0.5) is 11.5 Å². The van der Waals surface area contributed by atoms with Crippen LogP contribution in [0, 0.1) is 13.8 Å². The van der Waals surface area contributed by atoms with Gasteiger partial charge in [0, 0.05) is 23.0 Å². The summed E-state index contributed by atoms with van der Waals surface area (Å²) in [6, 6.07) is 3.25. The van der Waals surface area contributed by atoms with E-state index in [9.17, 15) is 0 Å². The Balaban J connectivity index is 2.08. The predicted molar refractivity (Wildman–Crippen MR) is 93.4 cm³/mol. The number of aryl methyl sites for hydroxylation is 1. The Morgan fingerprint density at radius 3 is 2.35 bits per heavy atom. The third kappa shape index (κ3) is 3.27. The van der Waals surface area contributed by atoms with Crippen LogP contribution in [-0.2, 0) is 0 Å². The van der Waals surface area contributed by atoms with Gasteiger partial charge in [-0.05, 0) is 26.0 Å². The molecule has 3 aromatic rings. The van der Waals surface area contributed by atoms with Gasteiger partial charge in [0.25, 0.3) is 0 Å². The monoisotopic (exact) mass is 367 g/mol. The first kappa shape index (κ1) is 16.1. The highest BCUT2D eigenvalue weighted by molar-refractivity contribution is 6.41. The highest BCUT2D eigenvalue weighted by Crippen LogP contribution is 2.36. The number of benzene rings is 1. The Labute approximate surface area is 148 Å². The molecule has 0 saturated carbocycles. The van der Waals surface area contributed by atoms with Crippen LogP contribution in [0.15, 0.2) is 30.9 Å². The second kappa shape index (κ2) is 6.35. The molecule has 2 heterocycles. The maximum atomic E-state index is 6.23. The van der Waals surface area contributed by atoms with E-state index in [2.05, 4.69) is 20.3 Å². The summed E-state index contributed by atoms with van der Waals surface area (Å²) < 4.78 is 1.82. The molecule has 0 radical (unpaired) electrons. The van der Waals surface area contributed by atoms with Gasteiger partial charge >= 0.3 is 0 Å². The van der Waals surface area contributed by atoms with Crippen molar-refractivity contribution >= 4 is 46.3 Å². The fourth-order valence-electron chi connectivity index (χ4n) is 2.15. The van der Waals surface area contributed by atoms with Gasteiger partial charge in [-0.15, -0.1) is 0 Å². The topological polar surface area (TPSA) is 55.6 Å². The number of nitrogens with zero attached hydrogens (tertiary/aromatic N) is 4. The Morgan fingerprint density at radius 1 is 1.04 bits per heavy atom. The number of hydrogen-bond acceptors (Lipinski definition) is 4. The summed E-state index contributed by atoms with van der Waals surface area (Å²) in [4.78, 5) is 12.9. The molecule has 0 aliphatic heterocycles. The minimum atomic E-state index is 0.419. The molecule has 0 spiro atoms. The van der Waals surface area contributed by atoms with Crippen molar-refractivity contribution in [3.63, 3.8) is 0 Å². The number of hydrogen-bond donors (Lipinski definition) is 1. The lowest BCUT2D eigenvalue weighted by molar-refractivity contribution is 0.921. The van der Waals surface area contributed by atoms with Crippen LogP contribution < -0.4 is 5.32 Å². The molecule has 5 nitrogen and oxygen atoms in total. The van der Waals surface area contributed by atoms with Gasteiger partial charge in [0.1, 0.15) is 23.8 Å². The van der Waals surface area contributed by atoms with Crippen molar-refractivity contribution in [2.75, 3.05) is 5.32 Å². The molecule has 0 fully saturated rings. The van der Waals surface area contributed by atoms with Gasteiger partial charge in [0.2, 0.25) is 0 Å². The Bertz CT molecular complexity index is 839. The maximum absolute atomic E-state index is 6.23. The summed E-state index contributed by atoms with van der Waals surface area (Å²) >= 11 is 18.4. The summed E-state index contributed by atoms with van der Waals surface area (Å²) in [5, 5.41) is 4.48. The maximum Gasteiger partial charge on any atom is 0.146 e. The molecule has 0 atom stereocenters. The van der Waals surface area contributed by atoms with Gasteiger partial charge in [0.15, 0.2) is 0 Å². The minimum Gasteiger partial charge on any atom is -0.337 e. The van der Waals surface area contributed by atoms with Gasteiger partial charge < -0.3 is 5.32 Å². The smallest absolute Gasteiger partial charge is 0.146 e. The standard InChI is InChI=1S/C15H12Cl3N5/c1-8-14(22-13-11(17)5-10(16)6-12(13)18)20-9(2)21-15(8)23-4-3-19-7-23/h3-7H,1-2H3,(H,20,21,22). The van der Waals surface area contributed by atoms with Crippen LogP contribution in [0.2, 0.25) is 15.1 Å². The molecule has 0 aliphatic rings. The van der Waals surface area contributed by atoms with Crippen LogP contribution in [0.5, 0.6) is 0 Å². The Kier molecular flexibility index (Phi) is 4.43. The SMILES string of the molecule is Cc1nc(Nc2c(Cl)cc(Cl)cc2Cl)c(C)c(-n2ccnc2)n1. The first-order valence-corrected chi connectivity index (χ1v) is 7.84. The molecular formula is C15H12Cl3N5. The fourth-order valence-corrected chi connectivity index (χ4v) is 3.06. The van der Waals surface area contributed by atoms with Crippen molar-refractivity contribution < 1.29 is 0 Å². The first-order chi connectivity index (χ1) is 11.0. The molecule has 3 rings (SSSR count). The van der Waals surface area contributed by atoms with Crippen molar-refractivity contribution in [3.8, 4) is 5.82 Å². The quantitative estimate of drug-likeness (QED) is 0.708. The third-order valence-electron chi connectivity index (χ3n) is 3.23. The highest BCUT2D eigenvalue weighted by atomic mass is 35.5. The van der Waals surface area contributed by atoms with Crippen LogP contribution in [0.1, 0.15) is 11.4 Å². The number of imidazole rings is 1. The van der Waals surface area contributed by atoms with Crippen LogP contribution in [-0.4, -0.2) is 19.5 Å². The molecular weight excluding hydrogens is 357 g/mol. The lowest BCUT2D eigenvalue weighted by Gasteiger charge is -2.15. The van der Waals surface area contributed by atoms with E-state index in [-0.39, 0.29) is 0 Å². The average Bonchev–Trinajstić information content (AvgIpc) is 2.99. The average molecular weight is 369 g/mol. The minimum absolute atomic E-state index is 0.419. The zero-order valence-electron chi connectivity index (χ0n) is 12.3. The summed E-state index contributed by atoms with van der Waals surface area (Å²) in [5.74, 6) is 1.97. The van der Waals surface area contributed by atoms with E-state index < -0.39 is 0 Å². The van der Waals surface area contributed by atoms with Crippen molar-refractivity contribution in [1.82, 2.24) is 19.5 Å². The normalized spacial score (nSPS) is 10.8. The van der Waals surface area contributed by atoms with Crippen LogP contribution in [0.3, 0.4) is 0 Å². The lowest BCUT2D eigenvalue weighted by atomic mass is 10.2. The molecule has 118 valence electrons. The number of anilines is 2. The first-order valence-electron chi connectivity index (χ1n) is 6.71. The molecule has 2 aromatic heterocycles. The van der Waals surface area contributed by atoms with Gasteiger partial charge in [0.05, 0.1) is 15.7 Å². The highest BCUT2D eigenvalue weighted by Gasteiger charge is 2.14. The van der Waals surface area contributed by atoms with E-state index in [1.54, 1.807) is 24.7 Å². The van der Waals surface area contributed by atoms with E-state index in [0.717, 1.165) is 11.4 Å². The van der Waals surface area contributed by atoms with Crippen molar-refractivity contribution in [2.45, 2.75) is 13.8 Å².